The summed E-state index contributed by atoms with van der Waals surface area (Å²) in [6.07, 6.45) is 3.85. The van der Waals surface area contributed by atoms with E-state index in [2.05, 4.69) is 0 Å². The minimum absolute atomic E-state index is 0.615. The van der Waals surface area contributed by atoms with Crippen molar-refractivity contribution in [1.82, 2.24) is 0 Å². The lowest BCUT2D eigenvalue weighted by atomic mass is 10.5. The summed E-state index contributed by atoms with van der Waals surface area (Å²) < 4.78 is 16.7. The fourth-order valence-corrected chi connectivity index (χ4v) is 3.31. The van der Waals surface area contributed by atoms with E-state index in [1.54, 1.807) is 0 Å². The molecule has 1 aliphatic heterocycles. The van der Waals surface area contributed by atoms with Crippen molar-refractivity contribution in [3.8, 4) is 0 Å². The van der Waals surface area contributed by atoms with Gasteiger partial charge in [0.05, 0.1) is 5.76 Å². The van der Waals surface area contributed by atoms with Gasteiger partial charge in [-0.15, -0.1) is 0 Å². The van der Waals surface area contributed by atoms with E-state index in [9.17, 15) is 0 Å². The maximum atomic E-state index is 5.62. The van der Waals surface area contributed by atoms with Gasteiger partial charge in [0.2, 0.25) is 0 Å². The maximum absolute atomic E-state index is 5.62. The quantitative estimate of drug-likeness (QED) is 0.650. The van der Waals surface area contributed by atoms with Crippen molar-refractivity contribution in [2.75, 3.05) is 13.2 Å². The first-order valence-corrected chi connectivity index (χ1v) is 6.35. The minimum Gasteiger partial charge on any atom is -0.502 e. The Morgan fingerprint density at radius 3 is 2.38 bits per heavy atom. The molecule has 0 aromatic rings. The molecule has 0 unspecified atom stereocenters. The first kappa shape index (κ1) is 10.5. The first-order chi connectivity index (χ1) is 6.22. The van der Waals surface area contributed by atoms with Crippen molar-refractivity contribution in [1.29, 1.82) is 0 Å². The van der Waals surface area contributed by atoms with Crippen LogP contribution in [0.4, 0.5) is 0 Å². The van der Waals surface area contributed by atoms with Crippen LogP contribution in [0.1, 0.15) is 20.8 Å². The van der Waals surface area contributed by atoms with E-state index in [1.165, 1.54) is 0 Å². The molecule has 3 nitrogen and oxygen atoms in total. The van der Waals surface area contributed by atoms with Gasteiger partial charge < -0.3 is 13.3 Å². The lowest BCUT2D eigenvalue weighted by Crippen LogP contribution is -2.44. The average Bonchev–Trinajstić information content (AvgIpc) is 2.04. The fourth-order valence-electron chi connectivity index (χ4n) is 1.19. The Bertz CT molecular complexity index is 217. The van der Waals surface area contributed by atoms with Crippen molar-refractivity contribution >= 4 is 8.80 Å². The van der Waals surface area contributed by atoms with Crippen molar-refractivity contribution in [3.05, 3.63) is 23.6 Å². The predicted octanol–water partition coefficient (Wildman–Crippen LogP) is 2.03. The highest BCUT2D eigenvalue weighted by Crippen LogP contribution is 2.19. The van der Waals surface area contributed by atoms with E-state index < -0.39 is 8.80 Å². The molecular formula is C9H16O3Si. The molecule has 0 saturated heterocycles. The van der Waals surface area contributed by atoms with Crippen LogP contribution < -0.4 is 0 Å². The molecule has 74 valence electrons. The predicted molar refractivity (Wildman–Crippen MR) is 53.0 cm³/mol. The molecule has 0 aromatic carbocycles. The Labute approximate surface area is 80.4 Å². The number of hydrogen-bond donors (Lipinski definition) is 0. The van der Waals surface area contributed by atoms with Gasteiger partial charge in [-0.3, -0.25) is 0 Å². The van der Waals surface area contributed by atoms with E-state index in [-0.39, 0.29) is 0 Å². The van der Waals surface area contributed by atoms with Crippen LogP contribution in [-0.2, 0) is 13.3 Å². The number of rotatable bonds is 4. The second-order valence-corrected chi connectivity index (χ2v) is 5.03. The summed E-state index contributed by atoms with van der Waals surface area (Å²) in [5.74, 6) is 0.857. The van der Waals surface area contributed by atoms with Gasteiger partial charge in [-0.1, -0.05) is 6.08 Å². The van der Waals surface area contributed by atoms with Gasteiger partial charge in [0.15, 0.2) is 0 Å². The SMILES string of the molecule is CCO[Si]1(OCC)C=CC=C(C)O1. The van der Waals surface area contributed by atoms with Gasteiger partial charge in [0, 0.05) is 13.2 Å². The van der Waals surface area contributed by atoms with E-state index in [0.717, 1.165) is 5.76 Å². The monoisotopic (exact) mass is 200 g/mol. The van der Waals surface area contributed by atoms with Gasteiger partial charge in [0.1, 0.15) is 0 Å². The van der Waals surface area contributed by atoms with Gasteiger partial charge in [0.25, 0.3) is 0 Å². The lowest BCUT2D eigenvalue weighted by Gasteiger charge is -2.28. The van der Waals surface area contributed by atoms with Crippen molar-refractivity contribution in [2.45, 2.75) is 20.8 Å². The van der Waals surface area contributed by atoms with Crippen molar-refractivity contribution in [2.24, 2.45) is 0 Å². The molecule has 1 rings (SSSR count). The van der Waals surface area contributed by atoms with Crippen LogP contribution in [0.25, 0.3) is 0 Å². The molecule has 0 radical (unpaired) electrons. The van der Waals surface area contributed by atoms with Crippen LogP contribution in [0.3, 0.4) is 0 Å². The molecule has 0 spiro atoms. The van der Waals surface area contributed by atoms with Gasteiger partial charge >= 0.3 is 8.80 Å². The average molecular weight is 200 g/mol. The minimum atomic E-state index is -2.49. The summed E-state index contributed by atoms with van der Waals surface area (Å²) >= 11 is 0. The summed E-state index contributed by atoms with van der Waals surface area (Å²) in [7, 11) is -2.49. The summed E-state index contributed by atoms with van der Waals surface area (Å²) in [4.78, 5) is 0. The second-order valence-electron chi connectivity index (χ2n) is 2.71. The zero-order valence-electron chi connectivity index (χ0n) is 8.37. The lowest BCUT2D eigenvalue weighted by molar-refractivity contribution is 0.104. The highest BCUT2D eigenvalue weighted by Gasteiger charge is 2.41. The van der Waals surface area contributed by atoms with E-state index in [1.807, 2.05) is 38.6 Å². The zero-order chi connectivity index (χ0) is 9.73. The Hall–Kier alpha value is -0.583. The molecule has 0 aliphatic carbocycles. The summed E-state index contributed by atoms with van der Waals surface area (Å²) in [6.45, 7) is 7.02. The Morgan fingerprint density at radius 1 is 1.31 bits per heavy atom. The normalized spacial score (nSPS) is 19.5. The number of allylic oxidation sites excluding steroid dienone is 3. The highest BCUT2D eigenvalue weighted by atomic mass is 28.4. The van der Waals surface area contributed by atoms with Crippen LogP contribution in [0.2, 0.25) is 0 Å². The molecule has 13 heavy (non-hydrogen) atoms. The largest absolute Gasteiger partial charge is 0.594 e. The van der Waals surface area contributed by atoms with Gasteiger partial charge in [-0.05, 0) is 32.5 Å². The number of hydrogen-bond acceptors (Lipinski definition) is 3. The van der Waals surface area contributed by atoms with Crippen LogP contribution in [0.15, 0.2) is 23.6 Å². The van der Waals surface area contributed by atoms with Crippen LogP contribution in [0.5, 0.6) is 0 Å². The van der Waals surface area contributed by atoms with Crippen LogP contribution in [-0.4, -0.2) is 22.0 Å². The Kier molecular flexibility index (Phi) is 3.71. The molecule has 1 aliphatic rings. The second kappa shape index (κ2) is 4.60. The summed E-state index contributed by atoms with van der Waals surface area (Å²) in [5, 5.41) is 0. The van der Waals surface area contributed by atoms with Crippen molar-refractivity contribution < 1.29 is 13.3 Å². The Morgan fingerprint density at radius 2 is 1.92 bits per heavy atom. The smallest absolute Gasteiger partial charge is 0.502 e. The molecule has 0 aromatic heterocycles. The molecule has 0 saturated carbocycles. The first-order valence-electron chi connectivity index (χ1n) is 4.55. The van der Waals surface area contributed by atoms with Gasteiger partial charge in [-0.2, -0.15) is 0 Å². The topological polar surface area (TPSA) is 27.7 Å². The summed E-state index contributed by atoms with van der Waals surface area (Å²) in [5.41, 5.74) is 1.91. The molecule has 1 heterocycles. The molecule has 0 fully saturated rings. The third kappa shape index (κ3) is 2.69. The standard InChI is InChI=1S/C9H16O3Si/c1-4-10-13(11-5-2)8-6-7-9(3)12-13/h6-8H,4-5H2,1-3H3. The van der Waals surface area contributed by atoms with Crippen LogP contribution in [0, 0.1) is 0 Å². The zero-order valence-corrected chi connectivity index (χ0v) is 9.37. The fraction of sp³-hybridized carbons (Fsp3) is 0.556. The van der Waals surface area contributed by atoms with E-state index >= 15 is 0 Å². The highest BCUT2D eigenvalue weighted by molar-refractivity contribution is 6.66. The third-order valence-electron chi connectivity index (χ3n) is 1.63. The molecule has 4 heteroatoms. The van der Waals surface area contributed by atoms with E-state index in [0.29, 0.717) is 13.2 Å². The van der Waals surface area contributed by atoms with Crippen LogP contribution >= 0.6 is 0 Å². The molecule has 0 N–H and O–H groups in total. The third-order valence-corrected chi connectivity index (χ3v) is 4.21. The summed E-state index contributed by atoms with van der Waals surface area (Å²) in [6, 6.07) is 0. The van der Waals surface area contributed by atoms with Gasteiger partial charge in [-0.25, -0.2) is 0 Å². The molecular weight excluding hydrogens is 184 g/mol. The molecule has 0 amide bonds. The Balaban J connectivity index is 2.69. The molecule has 0 bridgehead atoms. The van der Waals surface area contributed by atoms with E-state index in [4.69, 9.17) is 13.3 Å². The van der Waals surface area contributed by atoms with Crippen molar-refractivity contribution in [3.63, 3.8) is 0 Å². The molecule has 0 atom stereocenters. The maximum Gasteiger partial charge on any atom is 0.594 e.